The number of sulfonamides is 1. The SMILES string of the molecule is O=C(NS(=O)(=O)c1ccc(Cl)c(Cl)c1)C1(c2ccc(C(F)(F)F)cc2)C=CC=N1. The molecule has 0 saturated carbocycles. The highest BCUT2D eigenvalue weighted by Gasteiger charge is 2.41. The molecule has 1 aliphatic heterocycles. The summed E-state index contributed by atoms with van der Waals surface area (Å²) in [6, 6.07) is 7.20. The lowest BCUT2D eigenvalue weighted by Crippen LogP contribution is -2.43. The summed E-state index contributed by atoms with van der Waals surface area (Å²) in [7, 11) is -4.34. The van der Waals surface area contributed by atoms with E-state index in [9.17, 15) is 26.4 Å². The average molecular weight is 463 g/mol. The molecule has 2 aromatic carbocycles. The first-order valence-electron chi connectivity index (χ1n) is 7.89. The molecule has 0 spiro atoms. The maximum absolute atomic E-state index is 12.9. The van der Waals surface area contributed by atoms with Gasteiger partial charge in [0.05, 0.1) is 20.5 Å². The number of carbonyl (C=O) groups is 1. The molecule has 0 aliphatic carbocycles. The van der Waals surface area contributed by atoms with Gasteiger partial charge in [0.1, 0.15) is 0 Å². The molecule has 1 amide bonds. The van der Waals surface area contributed by atoms with Crippen LogP contribution in [0.5, 0.6) is 0 Å². The normalized spacial score (nSPS) is 18.8. The Kier molecular flexibility index (Phi) is 5.50. The van der Waals surface area contributed by atoms with Crippen molar-refractivity contribution in [2.45, 2.75) is 16.6 Å². The van der Waals surface area contributed by atoms with Crippen molar-refractivity contribution >= 4 is 45.3 Å². The molecule has 0 bridgehead atoms. The Morgan fingerprint density at radius 3 is 2.21 bits per heavy atom. The largest absolute Gasteiger partial charge is 0.416 e. The first-order valence-corrected chi connectivity index (χ1v) is 10.1. The Bertz CT molecular complexity index is 1120. The van der Waals surface area contributed by atoms with Crippen LogP contribution in [0.3, 0.4) is 0 Å². The van der Waals surface area contributed by atoms with E-state index in [4.69, 9.17) is 23.2 Å². The number of aliphatic imine (C=N–C) groups is 1. The number of alkyl halides is 3. The summed E-state index contributed by atoms with van der Waals surface area (Å²) in [5.41, 5.74) is -2.67. The van der Waals surface area contributed by atoms with Crippen molar-refractivity contribution in [1.29, 1.82) is 0 Å². The number of nitrogens with one attached hydrogen (secondary N) is 1. The highest BCUT2D eigenvalue weighted by molar-refractivity contribution is 7.90. The van der Waals surface area contributed by atoms with Crippen molar-refractivity contribution in [1.82, 2.24) is 4.72 Å². The summed E-state index contributed by atoms with van der Waals surface area (Å²) in [4.78, 5) is 16.5. The minimum absolute atomic E-state index is 0.0294. The zero-order valence-corrected chi connectivity index (χ0v) is 16.6. The van der Waals surface area contributed by atoms with Gasteiger partial charge in [0.2, 0.25) is 0 Å². The molecule has 0 radical (unpaired) electrons. The van der Waals surface area contributed by atoms with E-state index in [0.29, 0.717) is 0 Å². The van der Waals surface area contributed by atoms with Crippen LogP contribution in [0.2, 0.25) is 10.0 Å². The Morgan fingerprint density at radius 1 is 1.03 bits per heavy atom. The summed E-state index contributed by atoms with van der Waals surface area (Å²) in [6.45, 7) is 0. The molecule has 5 nitrogen and oxygen atoms in total. The molecule has 1 aliphatic rings. The van der Waals surface area contributed by atoms with Crippen molar-refractivity contribution in [3.05, 3.63) is 75.8 Å². The van der Waals surface area contributed by atoms with Gasteiger partial charge in [-0.25, -0.2) is 13.1 Å². The predicted molar refractivity (Wildman–Crippen MR) is 103 cm³/mol. The van der Waals surface area contributed by atoms with Crippen molar-refractivity contribution < 1.29 is 26.4 Å². The van der Waals surface area contributed by atoms with Crippen LogP contribution in [0.1, 0.15) is 11.1 Å². The standard InChI is InChI=1S/C18H11Cl2F3N2O3S/c19-14-7-6-13(10-15(14)20)29(27,28)25-16(26)17(8-1-9-24-17)11-2-4-12(5-3-11)18(21,22)23/h1-10H,(H,25,26). The molecule has 152 valence electrons. The second-order valence-electron chi connectivity index (χ2n) is 5.99. The fraction of sp³-hybridized carbons (Fsp3) is 0.111. The molecule has 1 atom stereocenters. The first kappa shape index (κ1) is 21.4. The number of rotatable bonds is 4. The van der Waals surface area contributed by atoms with Crippen molar-refractivity contribution in [2.75, 3.05) is 0 Å². The van der Waals surface area contributed by atoms with Gasteiger partial charge in [0.25, 0.3) is 15.9 Å². The third-order valence-corrected chi connectivity index (χ3v) is 6.20. The van der Waals surface area contributed by atoms with Gasteiger partial charge in [-0.15, -0.1) is 0 Å². The number of carbonyl (C=O) groups excluding carboxylic acids is 1. The smallest absolute Gasteiger partial charge is 0.270 e. The molecule has 3 rings (SSSR count). The number of amides is 1. The van der Waals surface area contributed by atoms with E-state index >= 15 is 0 Å². The maximum Gasteiger partial charge on any atom is 0.416 e. The highest BCUT2D eigenvalue weighted by atomic mass is 35.5. The van der Waals surface area contributed by atoms with Crippen molar-refractivity contribution in [2.24, 2.45) is 4.99 Å². The Balaban J connectivity index is 1.95. The second-order valence-corrected chi connectivity index (χ2v) is 8.49. The zero-order valence-electron chi connectivity index (χ0n) is 14.2. The van der Waals surface area contributed by atoms with Crippen molar-refractivity contribution in [3.63, 3.8) is 0 Å². The molecule has 0 aromatic heterocycles. The number of allylic oxidation sites excluding steroid dienone is 1. The zero-order chi connectivity index (χ0) is 21.4. The summed E-state index contributed by atoms with van der Waals surface area (Å²) >= 11 is 11.6. The summed E-state index contributed by atoms with van der Waals surface area (Å²) in [5, 5.41) is 0.0970. The van der Waals surface area contributed by atoms with Gasteiger partial charge >= 0.3 is 6.18 Å². The van der Waals surface area contributed by atoms with E-state index in [1.54, 1.807) is 0 Å². The van der Waals surface area contributed by atoms with E-state index in [1.165, 1.54) is 24.4 Å². The monoisotopic (exact) mass is 462 g/mol. The molecule has 1 heterocycles. The lowest BCUT2D eigenvalue weighted by atomic mass is 9.90. The molecule has 2 aromatic rings. The van der Waals surface area contributed by atoms with Crippen LogP contribution in [0.25, 0.3) is 0 Å². The lowest BCUT2D eigenvalue weighted by molar-refractivity contribution is -0.137. The minimum atomic E-state index is -4.56. The van der Waals surface area contributed by atoms with E-state index in [1.807, 2.05) is 4.72 Å². The molecule has 1 N–H and O–H groups in total. The van der Waals surface area contributed by atoms with E-state index in [0.717, 1.165) is 36.4 Å². The molecule has 11 heteroatoms. The van der Waals surface area contributed by atoms with E-state index in [2.05, 4.69) is 4.99 Å². The number of nitrogens with zero attached hydrogens (tertiary/aromatic N) is 1. The van der Waals surface area contributed by atoms with Gasteiger partial charge in [0.15, 0.2) is 5.54 Å². The van der Waals surface area contributed by atoms with Crippen molar-refractivity contribution in [3.8, 4) is 0 Å². The number of benzene rings is 2. The highest BCUT2D eigenvalue weighted by Crippen LogP contribution is 2.35. The minimum Gasteiger partial charge on any atom is -0.270 e. The molecule has 1 unspecified atom stereocenters. The molecule has 0 fully saturated rings. The van der Waals surface area contributed by atoms with Gasteiger partial charge in [-0.05, 0) is 48.0 Å². The summed E-state index contributed by atoms with van der Waals surface area (Å²) in [6.07, 6.45) is -0.624. The van der Waals surface area contributed by atoms with E-state index in [-0.39, 0.29) is 20.5 Å². The quantitative estimate of drug-likeness (QED) is 0.733. The van der Waals surface area contributed by atoms with Crippen LogP contribution >= 0.6 is 23.2 Å². The maximum atomic E-state index is 12.9. The second kappa shape index (κ2) is 7.47. The Hall–Kier alpha value is -2.36. The summed E-state index contributed by atoms with van der Waals surface area (Å²) < 4.78 is 65.4. The van der Waals surface area contributed by atoms with Crippen LogP contribution in [0, 0.1) is 0 Å². The van der Waals surface area contributed by atoms with Gasteiger partial charge in [0, 0.05) is 6.21 Å². The molecule has 0 saturated heterocycles. The first-order chi connectivity index (χ1) is 13.5. The topological polar surface area (TPSA) is 75.6 Å². The molecule has 29 heavy (non-hydrogen) atoms. The number of hydrogen-bond donors (Lipinski definition) is 1. The number of halogens is 5. The van der Waals surface area contributed by atoms with Gasteiger partial charge in [-0.1, -0.05) is 35.3 Å². The third kappa shape index (κ3) is 4.17. The van der Waals surface area contributed by atoms with Gasteiger partial charge < -0.3 is 0 Å². The van der Waals surface area contributed by atoms with Crippen LogP contribution in [-0.4, -0.2) is 20.5 Å². The summed E-state index contributed by atoms with van der Waals surface area (Å²) in [5.74, 6) is -1.06. The fourth-order valence-electron chi connectivity index (χ4n) is 2.64. The number of hydrogen-bond acceptors (Lipinski definition) is 4. The Labute approximate surface area is 173 Å². The molecular weight excluding hydrogens is 452 g/mol. The molecular formula is C18H11Cl2F3N2O3S. The predicted octanol–water partition coefficient (Wildman–Crippen LogP) is 4.35. The van der Waals surface area contributed by atoms with Crippen LogP contribution in [-0.2, 0) is 26.5 Å². The Morgan fingerprint density at radius 2 is 1.69 bits per heavy atom. The fourth-order valence-corrected chi connectivity index (χ4v) is 4.04. The van der Waals surface area contributed by atoms with Gasteiger partial charge in [-0.3, -0.25) is 9.79 Å². The van der Waals surface area contributed by atoms with Crippen LogP contribution < -0.4 is 4.72 Å². The van der Waals surface area contributed by atoms with Crippen LogP contribution in [0.15, 0.2) is 64.5 Å². The average Bonchev–Trinajstić information content (AvgIpc) is 3.14. The third-order valence-electron chi connectivity index (χ3n) is 4.13. The van der Waals surface area contributed by atoms with Crippen LogP contribution in [0.4, 0.5) is 13.2 Å². The lowest BCUT2D eigenvalue weighted by Gasteiger charge is -2.24. The van der Waals surface area contributed by atoms with Gasteiger partial charge in [-0.2, -0.15) is 13.2 Å². The van der Waals surface area contributed by atoms with E-state index < -0.39 is 33.2 Å².